The van der Waals surface area contributed by atoms with Crippen LogP contribution in [0.25, 0.3) is 74.4 Å². The number of hydrogen-bond donors (Lipinski definition) is 0. The van der Waals surface area contributed by atoms with Crippen LogP contribution in [0.1, 0.15) is 0 Å². The van der Waals surface area contributed by atoms with Gasteiger partial charge in [-0.2, -0.15) is 0 Å². The number of aromatic nitrogens is 5. The van der Waals surface area contributed by atoms with Crippen molar-refractivity contribution >= 4 is 91.6 Å². The Morgan fingerprint density at radius 1 is 0.522 bits per heavy atom. The first-order valence-electron chi connectivity index (χ1n) is 14.6. The Labute approximate surface area is 279 Å². The molecular weight excluding hydrogens is 638 g/mol. The molecule has 46 heavy (non-hydrogen) atoms. The van der Waals surface area contributed by atoms with Crippen LogP contribution in [0, 0.1) is 0 Å². The number of pyridine rings is 3. The monoisotopic (exact) mass is 658 g/mol. The van der Waals surface area contributed by atoms with Crippen molar-refractivity contribution in [2.24, 2.45) is 4.99 Å². The zero-order valence-corrected chi connectivity index (χ0v) is 28.3. The van der Waals surface area contributed by atoms with Gasteiger partial charge in [-0.15, -0.1) is 11.3 Å². The summed E-state index contributed by atoms with van der Waals surface area (Å²) in [5.74, 6) is 0.706. The second-order valence-electron chi connectivity index (χ2n) is 10.8. The molecule has 0 aliphatic heterocycles. The quantitative estimate of drug-likeness (QED) is 0.130. The second-order valence-corrected chi connectivity index (χ2v) is 11.8. The summed E-state index contributed by atoms with van der Waals surface area (Å²) >= 11 is 1.78. The Kier molecular flexibility index (Phi) is 7.09. The average molecular weight is 660 g/mol. The molecule has 0 aliphatic rings. The van der Waals surface area contributed by atoms with Gasteiger partial charge >= 0.3 is 19.5 Å². The van der Waals surface area contributed by atoms with E-state index in [0.717, 1.165) is 43.5 Å². The summed E-state index contributed by atoms with van der Waals surface area (Å²) in [5, 5.41) is 10.3. The normalized spacial score (nSPS) is 11.9. The first-order valence-corrected chi connectivity index (χ1v) is 15.4. The molecule has 0 atom stereocenters. The molecule has 0 unspecified atom stereocenters. The summed E-state index contributed by atoms with van der Waals surface area (Å²) in [6, 6.07) is 37.2. The van der Waals surface area contributed by atoms with Crippen LogP contribution >= 0.6 is 11.3 Å². The van der Waals surface area contributed by atoms with Gasteiger partial charge in [-0.3, -0.25) is 9.97 Å². The Bertz CT molecular complexity index is 2790. The van der Waals surface area contributed by atoms with E-state index in [1.54, 1.807) is 30.1 Å². The molecule has 212 valence electrons. The fourth-order valence-corrected chi connectivity index (χ4v) is 7.28. The third kappa shape index (κ3) is 4.57. The van der Waals surface area contributed by atoms with E-state index in [4.69, 9.17) is 0 Å². The topological polar surface area (TPSA) is 79.2 Å². The number of hydrogen-bond acceptors (Lipinski definition) is 5. The predicted octanol–water partition coefficient (Wildman–Crippen LogP) is 8.84. The van der Waals surface area contributed by atoms with Crippen LogP contribution in [0.2, 0.25) is 0 Å². The molecule has 5 aromatic carbocycles. The molecule has 5 heterocycles. The van der Waals surface area contributed by atoms with Crippen molar-refractivity contribution in [1.82, 2.24) is 24.9 Å². The molecule has 0 spiro atoms. The van der Waals surface area contributed by atoms with Crippen molar-refractivity contribution in [2.75, 3.05) is 0 Å². The summed E-state index contributed by atoms with van der Waals surface area (Å²) in [6.07, 6.45) is 7.10. The Morgan fingerprint density at radius 2 is 1.28 bits per heavy atom. The molecule has 8 heteroatoms. The van der Waals surface area contributed by atoms with Gasteiger partial charge in [-0.1, -0.05) is 97.5 Å². The van der Waals surface area contributed by atoms with Crippen LogP contribution < -0.4 is 15.5 Å². The molecule has 0 aliphatic carbocycles. The van der Waals surface area contributed by atoms with Crippen molar-refractivity contribution in [3.63, 3.8) is 0 Å². The summed E-state index contributed by atoms with van der Waals surface area (Å²) in [7, 11) is 0. The van der Waals surface area contributed by atoms with Crippen LogP contribution in [0.15, 0.2) is 139 Å². The van der Waals surface area contributed by atoms with E-state index in [-0.39, 0.29) is 19.5 Å². The standard InChI is InChI=1S/C20H10N3S.C18H12N3.Zn/c1-2-5-13-11(4-1)12-7-8-14-17(16(12)20-18(13)22-10-23-20)19-15(24-14)6-3-9-21-19;1-3-7-15-13(5-1)9-11-19-17(15)21-18-16-8-4-2-6-14(16)10-12-20-18;/h1-10H;1-12H;/q2*-1;+2. The molecule has 0 saturated carbocycles. The Hall–Kier alpha value is -5.30. The molecule has 5 aromatic heterocycles. The molecule has 0 amide bonds. The van der Waals surface area contributed by atoms with Gasteiger partial charge < -0.3 is 19.9 Å². The van der Waals surface area contributed by atoms with Crippen LogP contribution in [0.5, 0.6) is 0 Å². The van der Waals surface area contributed by atoms with Crippen LogP contribution in [-0.4, -0.2) is 15.0 Å². The third-order valence-corrected chi connectivity index (χ3v) is 9.33. The van der Waals surface area contributed by atoms with Gasteiger partial charge in [0.2, 0.25) is 0 Å². The molecule has 6 nitrogen and oxygen atoms in total. The van der Waals surface area contributed by atoms with Gasteiger partial charge in [0.1, 0.15) is 0 Å². The van der Waals surface area contributed by atoms with E-state index >= 15 is 0 Å². The largest absolute Gasteiger partial charge is 2.00 e. The van der Waals surface area contributed by atoms with Gasteiger partial charge in [-0.05, 0) is 78.5 Å². The Balaban J connectivity index is 0.000000134. The van der Waals surface area contributed by atoms with E-state index in [0.29, 0.717) is 11.3 Å². The van der Waals surface area contributed by atoms with E-state index in [2.05, 4.69) is 84.5 Å². The number of rotatable bonds is 1. The van der Waals surface area contributed by atoms with E-state index in [1.165, 1.54) is 30.9 Å². The smallest absolute Gasteiger partial charge is 0.442 e. The molecular formula is C38H22N6SZn. The maximum atomic E-state index is 4.68. The average Bonchev–Trinajstić information content (AvgIpc) is 3.75. The van der Waals surface area contributed by atoms with Crippen molar-refractivity contribution in [2.45, 2.75) is 0 Å². The summed E-state index contributed by atoms with van der Waals surface area (Å²) in [5.41, 5.74) is 3.71. The van der Waals surface area contributed by atoms with Gasteiger partial charge in [0, 0.05) is 27.9 Å². The number of thiophene rings is 1. The minimum Gasteiger partial charge on any atom is -0.442 e. The maximum absolute atomic E-state index is 4.68. The number of nitrogens with zero attached hydrogens (tertiary/aromatic N) is 6. The van der Waals surface area contributed by atoms with Crippen molar-refractivity contribution in [3.8, 4) is 0 Å². The zero-order valence-electron chi connectivity index (χ0n) is 24.5. The second kappa shape index (κ2) is 11.6. The summed E-state index contributed by atoms with van der Waals surface area (Å²) < 4.78 is 2.46. The predicted molar refractivity (Wildman–Crippen MR) is 185 cm³/mol. The Morgan fingerprint density at radius 3 is 2.15 bits per heavy atom. The van der Waals surface area contributed by atoms with Crippen LogP contribution in [0.4, 0.5) is 5.82 Å². The van der Waals surface area contributed by atoms with Gasteiger partial charge in [0.05, 0.1) is 16.0 Å². The van der Waals surface area contributed by atoms with Gasteiger partial charge in [0.25, 0.3) is 0 Å². The van der Waals surface area contributed by atoms with E-state index in [9.17, 15) is 0 Å². The fraction of sp³-hybridized carbons (Fsp3) is 0. The molecule has 0 fully saturated rings. The van der Waals surface area contributed by atoms with Crippen molar-refractivity contribution < 1.29 is 19.5 Å². The van der Waals surface area contributed by atoms with Crippen molar-refractivity contribution in [3.05, 3.63) is 140 Å². The minimum atomic E-state index is 0. The van der Waals surface area contributed by atoms with Gasteiger partial charge in [0.15, 0.2) is 0 Å². The van der Waals surface area contributed by atoms with Crippen LogP contribution in [-0.2, 0) is 19.5 Å². The summed E-state index contributed by atoms with van der Waals surface area (Å²) in [4.78, 5) is 27.3. The molecule has 0 radical (unpaired) electrons. The molecule has 0 bridgehead atoms. The van der Waals surface area contributed by atoms with E-state index in [1.807, 2.05) is 60.8 Å². The van der Waals surface area contributed by atoms with Crippen molar-refractivity contribution in [1.29, 1.82) is 0 Å². The molecule has 0 saturated heterocycles. The first-order chi connectivity index (χ1) is 22.3. The molecule has 10 aromatic rings. The first kappa shape index (κ1) is 28.2. The number of benzene rings is 5. The SMILES string of the molecule is [Zn+2].c1ccc2c(N=c3[n-]ccc4ccccc34)nccc2c1.c1cnc2c(c1)sc1ccc3c4ccccc4c4nc[n-]c4c3c12. The minimum absolute atomic E-state index is 0. The zero-order chi connectivity index (χ0) is 29.7. The van der Waals surface area contributed by atoms with E-state index < -0.39 is 0 Å². The van der Waals surface area contributed by atoms with Gasteiger partial charge in [-0.25, -0.2) is 0 Å². The number of imidazole rings is 1. The molecule has 0 N–H and O–H groups in total. The third-order valence-electron chi connectivity index (χ3n) is 8.22. The summed E-state index contributed by atoms with van der Waals surface area (Å²) in [6.45, 7) is 0. The maximum Gasteiger partial charge on any atom is 2.00 e. The number of fused-ring (bicyclic) bond motifs is 12. The molecule has 10 rings (SSSR count). The van der Waals surface area contributed by atoms with Crippen LogP contribution in [0.3, 0.4) is 0 Å². The fourth-order valence-electron chi connectivity index (χ4n) is 6.21.